The summed E-state index contributed by atoms with van der Waals surface area (Å²) in [6, 6.07) is 26.2. The van der Waals surface area contributed by atoms with Crippen LogP contribution in [0.2, 0.25) is 0 Å². The Morgan fingerprint density at radius 3 is 2.58 bits per heavy atom. The molecule has 1 aliphatic rings. The molecular weight excluding hydrogens is 474 g/mol. The number of aromatic amines is 1. The maximum atomic E-state index is 12.8. The van der Waals surface area contributed by atoms with Gasteiger partial charge in [0.2, 0.25) is 0 Å². The van der Waals surface area contributed by atoms with E-state index < -0.39 is 0 Å². The van der Waals surface area contributed by atoms with Gasteiger partial charge in [0.05, 0.1) is 24.5 Å². The molecule has 38 heavy (non-hydrogen) atoms. The Morgan fingerprint density at radius 2 is 1.76 bits per heavy atom. The molecule has 0 bridgehead atoms. The smallest absolute Gasteiger partial charge is 0.254 e. The third-order valence-corrected chi connectivity index (χ3v) is 6.83. The lowest BCUT2D eigenvalue weighted by molar-refractivity contribution is 0.0303. The molecule has 1 aliphatic heterocycles. The Hall–Kier alpha value is -4.93. The SMILES string of the molecule is N#Cc1cncc(-c2cccc(-c3ccc(C(=O)N4CCOCC4)cc3)c2)c1Nc1ccc2[nH]ccc2c1. The lowest BCUT2D eigenvalue weighted by Gasteiger charge is -2.26. The Balaban J connectivity index is 1.31. The number of amides is 1. The van der Waals surface area contributed by atoms with Crippen LogP contribution < -0.4 is 5.32 Å². The number of aromatic nitrogens is 2. The fourth-order valence-electron chi connectivity index (χ4n) is 4.79. The molecule has 0 saturated carbocycles. The Bertz CT molecular complexity index is 1660. The first kappa shape index (κ1) is 23.5. The van der Waals surface area contributed by atoms with Gasteiger partial charge in [-0.1, -0.05) is 30.3 Å². The predicted octanol–water partition coefficient (Wildman–Crippen LogP) is 5.98. The summed E-state index contributed by atoms with van der Waals surface area (Å²) >= 11 is 0. The van der Waals surface area contributed by atoms with Gasteiger partial charge in [-0.25, -0.2) is 0 Å². The molecule has 0 radical (unpaired) electrons. The Kier molecular flexibility index (Phi) is 6.30. The number of hydrogen-bond donors (Lipinski definition) is 2. The van der Waals surface area contributed by atoms with Crippen molar-refractivity contribution in [2.75, 3.05) is 31.6 Å². The summed E-state index contributed by atoms with van der Waals surface area (Å²) in [5.41, 5.74) is 7.56. The van der Waals surface area contributed by atoms with Crippen LogP contribution in [0.25, 0.3) is 33.2 Å². The molecule has 1 saturated heterocycles. The number of benzene rings is 3. The lowest BCUT2D eigenvalue weighted by Crippen LogP contribution is -2.40. The normalized spacial score (nSPS) is 13.3. The maximum absolute atomic E-state index is 12.8. The number of nitriles is 1. The maximum Gasteiger partial charge on any atom is 0.254 e. The summed E-state index contributed by atoms with van der Waals surface area (Å²) in [4.78, 5) is 22.2. The van der Waals surface area contributed by atoms with Crippen molar-refractivity contribution in [2.45, 2.75) is 0 Å². The van der Waals surface area contributed by atoms with Crippen LogP contribution in [0.15, 0.2) is 91.4 Å². The highest BCUT2D eigenvalue weighted by atomic mass is 16.5. The number of ether oxygens (including phenoxy) is 1. The fraction of sp³-hybridized carbons (Fsp3) is 0.129. The molecule has 6 rings (SSSR count). The highest BCUT2D eigenvalue weighted by Gasteiger charge is 2.18. The van der Waals surface area contributed by atoms with E-state index in [4.69, 9.17) is 4.74 Å². The number of nitrogens with zero attached hydrogens (tertiary/aromatic N) is 3. The van der Waals surface area contributed by atoms with Gasteiger partial charge in [0.15, 0.2) is 0 Å². The van der Waals surface area contributed by atoms with E-state index in [2.05, 4.69) is 27.4 Å². The van der Waals surface area contributed by atoms with Crippen molar-refractivity contribution >= 4 is 28.2 Å². The van der Waals surface area contributed by atoms with Crippen molar-refractivity contribution in [1.29, 1.82) is 5.26 Å². The molecule has 1 fully saturated rings. The summed E-state index contributed by atoms with van der Waals surface area (Å²) in [6.45, 7) is 2.40. The second kappa shape index (κ2) is 10.2. The van der Waals surface area contributed by atoms with Crippen LogP contribution in [0.4, 0.5) is 11.4 Å². The average molecular weight is 500 g/mol. The van der Waals surface area contributed by atoms with E-state index >= 15 is 0 Å². The third kappa shape index (κ3) is 4.61. The summed E-state index contributed by atoms with van der Waals surface area (Å²) in [7, 11) is 0. The quantitative estimate of drug-likeness (QED) is 0.310. The van der Waals surface area contributed by atoms with Gasteiger partial charge in [-0.05, 0) is 59.2 Å². The van der Waals surface area contributed by atoms with Crippen molar-refractivity contribution < 1.29 is 9.53 Å². The van der Waals surface area contributed by atoms with Crippen molar-refractivity contribution in [3.05, 3.63) is 103 Å². The van der Waals surface area contributed by atoms with Crippen molar-refractivity contribution in [3.63, 3.8) is 0 Å². The first-order chi connectivity index (χ1) is 18.7. The topological polar surface area (TPSA) is 94.0 Å². The number of carbonyl (C=O) groups excluding carboxylic acids is 1. The second-order valence-corrected chi connectivity index (χ2v) is 9.19. The second-order valence-electron chi connectivity index (χ2n) is 9.19. The van der Waals surface area contributed by atoms with Crippen molar-refractivity contribution in [2.24, 2.45) is 0 Å². The van der Waals surface area contributed by atoms with Gasteiger partial charge in [-0.2, -0.15) is 5.26 Å². The highest BCUT2D eigenvalue weighted by Crippen LogP contribution is 2.35. The van der Waals surface area contributed by atoms with E-state index in [-0.39, 0.29) is 5.91 Å². The van der Waals surface area contributed by atoms with Crippen LogP contribution in [0.5, 0.6) is 0 Å². The van der Waals surface area contributed by atoms with E-state index in [1.165, 1.54) is 0 Å². The molecule has 186 valence electrons. The number of morpholine rings is 1. The lowest BCUT2D eigenvalue weighted by atomic mass is 9.97. The number of carbonyl (C=O) groups is 1. The van der Waals surface area contributed by atoms with E-state index in [9.17, 15) is 10.1 Å². The molecule has 1 amide bonds. The van der Waals surface area contributed by atoms with E-state index in [1.54, 1.807) is 12.4 Å². The monoisotopic (exact) mass is 499 g/mol. The van der Waals surface area contributed by atoms with Crippen LogP contribution in [0.3, 0.4) is 0 Å². The number of pyridine rings is 1. The standard InChI is InChI=1S/C31H25N5O2/c32-18-26-19-33-20-28(30(26)35-27-8-9-29-25(17-27)10-11-34-29)24-3-1-2-23(16-24)21-4-6-22(7-5-21)31(37)36-12-14-38-15-13-36/h1-11,16-17,19-20,34H,12-15H2,(H,33,35). The number of hydrogen-bond acceptors (Lipinski definition) is 5. The summed E-state index contributed by atoms with van der Waals surface area (Å²) in [6.07, 6.45) is 5.26. The van der Waals surface area contributed by atoms with Gasteiger partial charge in [-0.15, -0.1) is 0 Å². The number of H-pyrrole nitrogens is 1. The zero-order chi connectivity index (χ0) is 25.9. The molecule has 5 aromatic rings. The van der Waals surface area contributed by atoms with Crippen LogP contribution in [0, 0.1) is 11.3 Å². The molecule has 7 heteroatoms. The predicted molar refractivity (Wildman–Crippen MR) is 148 cm³/mol. The van der Waals surface area contributed by atoms with Crippen LogP contribution in [0.1, 0.15) is 15.9 Å². The first-order valence-electron chi connectivity index (χ1n) is 12.5. The molecular formula is C31H25N5O2. The van der Waals surface area contributed by atoms with Gasteiger partial charge in [0, 0.05) is 59.4 Å². The fourth-order valence-corrected chi connectivity index (χ4v) is 4.79. The molecule has 0 atom stereocenters. The molecule has 0 unspecified atom stereocenters. The van der Waals surface area contributed by atoms with Gasteiger partial charge < -0.3 is 19.9 Å². The van der Waals surface area contributed by atoms with Gasteiger partial charge in [0.25, 0.3) is 5.91 Å². The van der Waals surface area contributed by atoms with E-state index in [1.807, 2.05) is 77.8 Å². The molecule has 0 aliphatic carbocycles. The average Bonchev–Trinajstić information content (AvgIpc) is 3.45. The molecule has 2 N–H and O–H groups in total. The van der Waals surface area contributed by atoms with Crippen LogP contribution in [-0.2, 0) is 4.74 Å². The van der Waals surface area contributed by atoms with Gasteiger partial charge in [0.1, 0.15) is 6.07 Å². The number of anilines is 2. The zero-order valence-corrected chi connectivity index (χ0v) is 20.6. The first-order valence-corrected chi connectivity index (χ1v) is 12.5. The molecule has 3 heterocycles. The number of nitrogens with one attached hydrogen (secondary N) is 2. The summed E-state index contributed by atoms with van der Waals surface area (Å²) in [5, 5.41) is 14.4. The minimum absolute atomic E-state index is 0.0292. The third-order valence-electron chi connectivity index (χ3n) is 6.83. The number of rotatable bonds is 5. The summed E-state index contributed by atoms with van der Waals surface area (Å²) < 4.78 is 5.36. The molecule has 0 spiro atoms. The van der Waals surface area contributed by atoms with E-state index in [0.717, 1.165) is 38.8 Å². The summed E-state index contributed by atoms with van der Waals surface area (Å²) in [5.74, 6) is 0.0292. The zero-order valence-electron chi connectivity index (χ0n) is 20.6. The minimum Gasteiger partial charge on any atom is -0.378 e. The van der Waals surface area contributed by atoms with Gasteiger partial charge in [-0.3, -0.25) is 9.78 Å². The van der Waals surface area contributed by atoms with Crippen LogP contribution >= 0.6 is 0 Å². The number of fused-ring (bicyclic) bond motifs is 1. The molecule has 2 aromatic heterocycles. The highest BCUT2D eigenvalue weighted by molar-refractivity contribution is 5.95. The minimum atomic E-state index is 0.0292. The van der Waals surface area contributed by atoms with E-state index in [0.29, 0.717) is 43.1 Å². The van der Waals surface area contributed by atoms with Crippen LogP contribution in [-0.4, -0.2) is 47.1 Å². The molecule has 7 nitrogen and oxygen atoms in total. The van der Waals surface area contributed by atoms with Gasteiger partial charge >= 0.3 is 0 Å². The van der Waals surface area contributed by atoms with Crippen molar-refractivity contribution in [3.8, 4) is 28.3 Å². The largest absolute Gasteiger partial charge is 0.378 e. The Labute approximate surface area is 220 Å². The van der Waals surface area contributed by atoms with Crippen molar-refractivity contribution in [1.82, 2.24) is 14.9 Å². The Morgan fingerprint density at radius 1 is 0.947 bits per heavy atom. The molecule has 3 aromatic carbocycles.